The molecule has 0 radical (unpaired) electrons. The zero-order chi connectivity index (χ0) is 12.5. The highest BCUT2D eigenvalue weighted by Gasteiger charge is 2.12. The molecule has 18 heavy (non-hydrogen) atoms. The van der Waals surface area contributed by atoms with E-state index in [0.717, 1.165) is 22.8 Å². The Morgan fingerprint density at radius 1 is 1.00 bits per heavy atom. The highest BCUT2D eigenvalue weighted by atomic mass is 19.1. The Hall–Kier alpha value is -2.42. The summed E-state index contributed by atoms with van der Waals surface area (Å²) < 4.78 is 13.8. The van der Waals surface area contributed by atoms with Gasteiger partial charge in [0.25, 0.3) is 0 Å². The number of halogens is 1. The Bertz CT molecular complexity index is 730. The third-order valence-electron chi connectivity index (χ3n) is 3.03. The van der Waals surface area contributed by atoms with Crippen molar-refractivity contribution in [1.82, 2.24) is 4.98 Å². The average Bonchev–Trinajstić information content (AvgIpc) is 2.82. The number of hydrogen-bond acceptors (Lipinski definition) is 1. The number of aldehydes is 1. The molecular formula is C15H10FNO. The molecule has 2 nitrogen and oxygen atoms in total. The molecule has 0 atom stereocenters. The number of benzene rings is 2. The zero-order valence-electron chi connectivity index (χ0n) is 9.48. The van der Waals surface area contributed by atoms with E-state index in [0.29, 0.717) is 11.1 Å². The third-order valence-corrected chi connectivity index (χ3v) is 3.03. The molecular weight excluding hydrogens is 229 g/mol. The summed E-state index contributed by atoms with van der Waals surface area (Å²) >= 11 is 0. The minimum Gasteiger partial charge on any atom is -0.360 e. The fourth-order valence-electron chi connectivity index (χ4n) is 2.21. The molecule has 2 aromatic carbocycles. The van der Waals surface area contributed by atoms with Crippen LogP contribution in [0.4, 0.5) is 4.39 Å². The van der Waals surface area contributed by atoms with Gasteiger partial charge in [-0.3, -0.25) is 4.79 Å². The first-order valence-electron chi connectivity index (χ1n) is 5.61. The number of aromatic amines is 1. The van der Waals surface area contributed by atoms with Crippen molar-refractivity contribution in [1.29, 1.82) is 0 Å². The third kappa shape index (κ3) is 1.52. The first-order valence-corrected chi connectivity index (χ1v) is 5.61. The zero-order valence-corrected chi connectivity index (χ0v) is 9.48. The smallest absolute Gasteiger partial charge is 0.152 e. The first-order chi connectivity index (χ1) is 8.81. The van der Waals surface area contributed by atoms with Crippen molar-refractivity contribution in [3.8, 4) is 11.1 Å². The molecule has 1 heterocycles. The van der Waals surface area contributed by atoms with Gasteiger partial charge in [-0.2, -0.15) is 0 Å². The van der Waals surface area contributed by atoms with Crippen LogP contribution in [0.15, 0.2) is 48.7 Å². The molecule has 0 saturated carbocycles. The van der Waals surface area contributed by atoms with Gasteiger partial charge >= 0.3 is 0 Å². The van der Waals surface area contributed by atoms with Crippen LogP contribution in [0, 0.1) is 5.82 Å². The van der Waals surface area contributed by atoms with E-state index in [2.05, 4.69) is 4.98 Å². The Morgan fingerprint density at radius 3 is 2.56 bits per heavy atom. The highest BCUT2D eigenvalue weighted by Crippen LogP contribution is 2.31. The van der Waals surface area contributed by atoms with Gasteiger partial charge in [0.2, 0.25) is 0 Å². The lowest BCUT2D eigenvalue weighted by molar-refractivity contribution is 0.112. The van der Waals surface area contributed by atoms with Gasteiger partial charge in [0.15, 0.2) is 6.29 Å². The number of carbonyl (C=O) groups excluding carboxylic acids is 1. The molecule has 0 aliphatic heterocycles. The molecule has 1 aromatic heterocycles. The number of H-pyrrole nitrogens is 1. The lowest BCUT2D eigenvalue weighted by Gasteiger charge is -2.05. The van der Waals surface area contributed by atoms with Crippen molar-refractivity contribution in [2.75, 3.05) is 0 Å². The largest absolute Gasteiger partial charge is 0.360 e. The van der Waals surface area contributed by atoms with E-state index in [4.69, 9.17) is 0 Å². The maximum atomic E-state index is 13.8. The van der Waals surface area contributed by atoms with Crippen LogP contribution in [0.2, 0.25) is 0 Å². The summed E-state index contributed by atoms with van der Waals surface area (Å²) in [4.78, 5) is 14.1. The summed E-state index contributed by atoms with van der Waals surface area (Å²) in [7, 11) is 0. The van der Waals surface area contributed by atoms with Crippen LogP contribution in [0.1, 0.15) is 10.4 Å². The van der Waals surface area contributed by atoms with Crippen molar-refractivity contribution in [3.05, 3.63) is 60.0 Å². The number of fused-ring (bicyclic) bond motifs is 1. The summed E-state index contributed by atoms with van der Waals surface area (Å²) in [6.07, 6.45) is 2.42. The highest BCUT2D eigenvalue weighted by molar-refractivity contribution is 6.05. The molecule has 0 bridgehead atoms. The van der Waals surface area contributed by atoms with Crippen LogP contribution < -0.4 is 0 Å². The quantitative estimate of drug-likeness (QED) is 0.678. The lowest BCUT2D eigenvalue weighted by Crippen LogP contribution is -1.86. The van der Waals surface area contributed by atoms with E-state index < -0.39 is 0 Å². The molecule has 3 heteroatoms. The molecule has 0 amide bonds. The maximum absolute atomic E-state index is 13.8. The van der Waals surface area contributed by atoms with Gasteiger partial charge in [-0.1, -0.05) is 30.3 Å². The second kappa shape index (κ2) is 4.11. The lowest BCUT2D eigenvalue weighted by atomic mass is 9.99. The van der Waals surface area contributed by atoms with Crippen LogP contribution in [-0.4, -0.2) is 11.3 Å². The van der Waals surface area contributed by atoms with Crippen LogP contribution in [0.3, 0.4) is 0 Å². The number of aromatic nitrogens is 1. The maximum Gasteiger partial charge on any atom is 0.152 e. The topological polar surface area (TPSA) is 32.9 Å². The molecule has 88 valence electrons. The summed E-state index contributed by atoms with van der Waals surface area (Å²) in [5.41, 5.74) is 2.61. The Labute approximate surface area is 103 Å². The second-order valence-electron chi connectivity index (χ2n) is 4.07. The molecule has 0 aliphatic carbocycles. The molecule has 0 unspecified atom stereocenters. The normalized spacial score (nSPS) is 10.7. The van der Waals surface area contributed by atoms with Gasteiger partial charge in [-0.15, -0.1) is 0 Å². The van der Waals surface area contributed by atoms with E-state index in [-0.39, 0.29) is 5.82 Å². The van der Waals surface area contributed by atoms with Crippen molar-refractivity contribution in [3.63, 3.8) is 0 Å². The van der Waals surface area contributed by atoms with Gasteiger partial charge in [-0.25, -0.2) is 4.39 Å². The Kier molecular flexibility index (Phi) is 2.45. The fraction of sp³-hybridized carbons (Fsp3) is 0. The standard InChI is InChI=1S/C15H10FNO/c16-13-6-2-1-4-11(13)12-5-3-7-14-15(12)10(9-18)8-17-14/h1-9,17H. The predicted octanol–water partition coefficient (Wildman–Crippen LogP) is 3.79. The van der Waals surface area contributed by atoms with E-state index in [9.17, 15) is 9.18 Å². The summed E-state index contributed by atoms with van der Waals surface area (Å²) in [6.45, 7) is 0. The van der Waals surface area contributed by atoms with Crippen LogP contribution in [0.5, 0.6) is 0 Å². The second-order valence-corrected chi connectivity index (χ2v) is 4.07. The SMILES string of the molecule is O=Cc1c[nH]c2cccc(-c3ccccc3F)c12. The summed E-state index contributed by atoms with van der Waals surface area (Å²) in [5, 5.41) is 0.762. The first kappa shape index (κ1) is 10.7. The minimum absolute atomic E-state index is 0.289. The van der Waals surface area contributed by atoms with Gasteiger partial charge in [0.1, 0.15) is 5.82 Å². The molecule has 3 rings (SSSR count). The van der Waals surface area contributed by atoms with Crippen LogP contribution in [-0.2, 0) is 0 Å². The molecule has 0 spiro atoms. The van der Waals surface area contributed by atoms with Crippen LogP contribution in [0.25, 0.3) is 22.0 Å². The number of rotatable bonds is 2. The van der Waals surface area contributed by atoms with Crippen LogP contribution >= 0.6 is 0 Å². The van der Waals surface area contributed by atoms with Crippen molar-refractivity contribution >= 4 is 17.2 Å². The Morgan fingerprint density at radius 2 is 1.78 bits per heavy atom. The fourth-order valence-corrected chi connectivity index (χ4v) is 2.21. The minimum atomic E-state index is -0.289. The van der Waals surface area contributed by atoms with Gasteiger partial charge in [-0.05, 0) is 17.7 Å². The van der Waals surface area contributed by atoms with E-state index in [1.165, 1.54) is 6.07 Å². The van der Waals surface area contributed by atoms with Gasteiger partial charge < -0.3 is 4.98 Å². The number of carbonyl (C=O) groups is 1. The molecule has 0 saturated heterocycles. The summed E-state index contributed by atoms with van der Waals surface area (Å²) in [6, 6.07) is 12.1. The number of hydrogen-bond donors (Lipinski definition) is 1. The molecule has 1 N–H and O–H groups in total. The van der Waals surface area contributed by atoms with Gasteiger partial charge in [0.05, 0.1) is 0 Å². The van der Waals surface area contributed by atoms with E-state index in [1.54, 1.807) is 24.4 Å². The monoisotopic (exact) mass is 239 g/mol. The molecule has 3 aromatic rings. The van der Waals surface area contributed by atoms with Crippen molar-refractivity contribution < 1.29 is 9.18 Å². The Balaban J connectivity index is 2.39. The number of nitrogens with one attached hydrogen (secondary N) is 1. The van der Waals surface area contributed by atoms with Gasteiger partial charge in [0, 0.05) is 28.2 Å². The van der Waals surface area contributed by atoms with E-state index >= 15 is 0 Å². The average molecular weight is 239 g/mol. The van der Waals surface area contributed by atoms with Crippen molar-refractivity contribution in [2.24, 2.45) is 0 Å². The summed E-state index contributed by atoms with van der Waals surface area (Å²) in [5.74, 6) is -0.289. The molecule has 0 aliphatic rings. The molecule has 0 fully saturated rings. The van der Waals surface area contributed by atoms with Crippen molar-refractivity contribution in [2.45, 2.75) is 0 Å². The van der Waals surface area contributed by atoms with E-state index in [1.807, 2.05) is 18.2 Å². The predicted molar refractivity (Wildman–Crippen MR) is 69.1 cm³/mol.